The lowest BCUT2D eigenvalue weighted by molar-refractivity contribution is -0.130. The van der Waals surface area contributed by atoms with E-state index in [9.17, 15) is 18.8 Å². The summed E-state index contributed by atoms with van der Waals surface area (Å²) in [5.74, 6) is -0.558. The van der Waals surface area contributed by atoms with E-state index in [1.807, 2.05) is 0 Å². The first-order chi connectivity index (χ1) is 13.5. The molecule has 0 radical (unpaired) electrons. The van der Waals surface area contributed by atoms with E-state index in [0.29, 0.717) is 10.8 Å². The monoisotopic (exact) mass is 385 g/mol. The summed E-state index contributed by atoms with van der Waals surface area (Å²) in [6.45, 7) is 0.447. The molecule has 1 N–H and O–H groups in total. The van der Waals surface area contributed by atoms with E-state index in [4.69, 9.17) is 4.74 Å². The molecule has 0 fully saturated rings. The van der Waals surface area contributed by atoms with Crippen LogP contribution in [0.4, 0.5) is 4.39 Å². The summed E-state index contributed by atoms with van der Waals surface area (Å²) < 4.78 is 20.0. The Hall–Kier alpha value is -3.42. The summed E-state index contributed by atoms with van der Waals surface area (Å²) in [5, 5.41) is 3.12. The number of ether oxygens (including phenoxy) is 1. The minimum absolute atomic E-state index is 0.0321. The van der Waals surface area contributed by atoms with Crippen LogP contribution in [0.2, 0.25) is 0 Å². The normalized spacial score (nSPS) is 10.8. The molecule has 2 aromatic carbocycles. The number of aryl methyl sites for hydroxylation is 1. The van der Waals surface area contributed by atoms with Crippen molar-refractivity contribution in [2.45, 2.75) is 13.0 Å². The van der Waals surface area contributed by atoms with Crippen LogP contribution in [0.3, 0.4) is 0 Å². The number of hydrogen-bond donors (Lipinski definition) is 1. The van der Waals surface area contributed by atoms with Crippen molar-refractivity contribution in [2.75, 3.05) is 20.2 Å². The van der Waals surface area contributed by atoms with Gasteiger partial charge in [0.2, 0.25) is 5.91 Å². The van der Waals surface area contributed by atoms with Gasteiger partial charge in [-0.05, 0) is 24.3 Å². The largest absolute Gasteiger partial charge is 0.489 e. The molecule has 0 aliphatic rings. The van der Waals surface area contributed by atoms with Crippen molar-refractivity contribution in [3.63, 3.8) is 0 Å². The van der Waals surface area contributed by atoms with Gasteiger partial charge in [0.1, 0.15) is 6.61 Å². The fourth-order valence-corrected chi connectivity index (χ4v) is 2.78. The number of para-hydroxylation sites is 1. The Labute approximate surface area is 160 Å². The Morgan fingerprint density at radius 2 is 1.79 bits per heavy atom. The van der Waals surface area contributed by atoms with Crippen molar-refractivity contribution in [3.8, 4) is 5.75 Å². The van der Waals surface area contributed by atoms with Gasteiger partial charge in [0.15, 0.2) is 11.6 Å². The third kappa shape index (κ3) is 4.28. The lowest BCUT2D eigenvalue weighted by Gasteiger charge is -2.18. The van der Waals surface area contributed by atoms with Gasteiger partial charge in [0, 0.05) is 13.5 Å². The standard InChI is InChI=1S/C20H20FN3O4/c1-23(12-13-28-17-9-5-4-8-16(17)21)18(25)10-11-24-20(27)15-7-3-2-6-14(15)19(26)22-24/h2-9H,10-13H2,1H3,(H,22,26). The maximum atomic E-state index is 13.5. The predicted molar refractivity (Wildman–Crippen MR) is 103 cm³/mol. The Kier molecular flexibility index (Phi) is 5.88. The van der Waals surface area contributed by atoms with Crippen LogP contribution >= 0.6 is 0 Å². The fourth-order valence-electron chi connectivity index (χ4n) is 2.78. The summed E-state index contributed by atoms with van der Waals surface area (Å²) >= 11 is 0. The van der Waals surface area contributed by atoms with Gasteiger partial charge >= 0.3 is 0 Å². The van der Waals surface area contributed by atoms with Gasteiger partial charge < -0.3 is 9.64 Å². The van der Waals surface area contributed by atoms with Crippen LogP contribution in [-0.4, -0.2) is 40.8 Å². The zero-order chi connectivity index (χ0) is 20.1. The maximum Gasteiger partial charge on any atom is 0.273 e. The second kappa shape index (κ2) is 8.51. The quantitative estimate of drug-likeness (QED) is 0.672. The number of benzene rings is 2. The Morgan fingerprint density at radius 1 is 1.11 bits per heavy atom. The molecule has 0 saturated carbocycles. The number of hydrogen-bond acceptors (Lipinski definition) is 4. The Balaban J connectivity index is 1.57. The molecular formula is C20H20FN3O4. The van der Waals surface area contributed by atoms with Gasteiger partial charge in [-0.1, -0.05) is 24.3 Å². The number of fused-ring (bicyclic) bond motifs is 1. The average molecular weight is 385 g/mol. The number of aromatic amines is 1. The SMILES string of the molecule is CN(CCOc1ccccc1F)C(=O)CCn1[nH]c(=O)c2ccccc2c1=O. The summed E-state index contributed by atoms with van der Waals surface area (Å²) in [5.41, 5.74) is -0.733. The second-order valence-corrected chi connectivity index (χ2v) is 6.29. The molecule has 8 heteroatoms. The minimum Gasteiger partial charge on any atom is -0.489 e. The van der Waals surface area contributed by atoms with E-state index in [1.54, 1.807) is 43.4 Å². The smallest absolute Gasteiger partial charge is 0.273 e. The van der Waals surface area contributed by atoms with E-state index < -0.39 is 5.82 Å². The number of carbonyl (C=O) groups is 1. The van der Waals surface area contributed by atoms with Crippen molar-refractivity contribution < 1.29 is 13.9 Å². The molecule has 146 valence electrons. The van der Waals surface area contributed by atoms with Crippen molar-refractivity contribution in [3.05, 3.63) is 75.1 Å². The van der Waals surface area contributed by atoms with Crippen LogP contribution < -0.4 is 15.9 Å². The summed E-state index contributed by atoms with van der Waals surface area (Å²) in [6.07, 6.45) is 0.0321. The highest BCUT2D eigenvalue weighted by Crippen LogP contribution is 2.15. The highest BCUT2D eigenvalue weighted by Gasteiger charge is 2.12. The number of likely N-dealkylation sites (N-methyl/N-ethyl adjacent to an activating group) is 1. The van der Waals surface area contributed by atoms with Gasteiger partial charge in [-0.15, -0.1) is 0 Å². The van der Waals surface area contributed by atoms with Crippen molar-refractivity contribution >= 4 is 16.7 Å². The third-order valence-corrected chi connectivity index (χ3v) is 4.38. The molecule has 28 heavy (non-hydrogen) atoms. The molecule has 1 amide bonds. The van der Waals surface area contributed by atoms with Gasteiger partial charge in [-0.25, -0.2) is 9.07 Å². The van der Waals surface area contributed by atoms with Gasteiger partial charge in [-0.3, -0.25) is 19.5 Å². The highest BCUT2D eigenvalue weighted by molar-refractivity contribution is 5.80. The Bertz CT molecular complexity index is 1110. The third-order valence-electron chi connectivity index (χ3n) is 4.38. The molecule has 0 saturated heterocycles. The number of nitrogens with one attached hydrogen (secondary N) is 1. The van der Waals surface area contributed by atoms with Crippen molar-refractivity contribution in [2.24, 2.45) is 0 Å². The van der Waals surface area contributed by atoms with Crippen LogP contribution in [0.25, 0.3) is 10.8 Å². The minimum atomic E-state index is -0.462. The van der Waals surface area contributed by atoms with Crippen molar-refractivity contribution in [1.82, 2.24) is 14.7 Å². The fraction of sp³-hybridized carbons (Fsp3) is 0.250. The number of nitrogens with zero attached hydrogens (tertiary/aromatic N) is 2. The molecule has 0 unspecified atom stereocenters. The molecule has 0 atom stereocenters. The zero-order valence-corrected chi connectivity index (χ0v) is 15.4. The van der Waals surface area contributed by atoms with E-state index in [2.05, 4.69) is 5.10 Å². The molecule has 3 aromatic rings. The number of amides is 1. The maximum absolute atomic E-state index is 13.5. The molecule has 7 nitrogen and oxygen atoms in total. The number of carbonyl (C=O) groups excluding carboxylic acids is 1. The number of rotatable bonds is 7. The predicted octanol–water partition coefficient (Wildman–Crippen LogP) is 1.76. The lowest BCUT2D eigenvalue weighted by Crippen LogP contribution is -2.34. The molecule has 3 rings (SSSR count). The number of H-pyrrole nitrogens is 1. The van der Waals surface area contributed by atoms with Crippen LogP contribution in [0.1, 0.15) is 6.42 Å². The summed E-state index contributed by atoms with van der Waals surface area (Å²) in [7, 11) is 1.60. The topological polar surface area (TPSA) is 84.4 Å². The van der Waals surface area contributed by atoms with Crippen LogP contribution in [-0.2, 0) is 11.3 Å². The van der Waals surface area contributed by atoms with Gasteiger partial charge in [0.05, 0.1) is 23.9 Å². The second-order valence-electron chi connectivity index (χ2n) is 6.29. The average Bonchev–Trinajstić information content (AvgIpc) is 2.70. The molecule has 0 bridgehead atoms. The molecular weight excluding hydrogens is 365 g/mol. The van der Waals surface area contributed by atoms with E-state index >= 15 is 0 Å². The van der Waals surface area contributed by atoms with Gasteiger partial charge in [-0.2, -0.15) is 0 Å². The van der Waals surface area contributed by atoms with Crippen LogP contribution in [0, 0.1) is 5.82 Å². The molecule has 1 heterocycles. The lowest BCUT2D eigenvalue weighted by atomic mass is 10.2. The molecule has 0 aliphatic carbocycles. The number of aromatic nitrogens is 2. The van der Waals surface area contributed by atoms with E-state index in [1.165, 1.54) is 17.0 Å². The first-order valence-electron chi connectivity index (χ1n) is 8.80. The highest BCUT2D eigenvalue weighted by atomic mass is 19.1. The van der Waals surface area contributed by atoms with E-state index in [0.717, 1.165) is 4.68 Å². The van der Waals surface area contributed by atoms with E-state index in [-0.39, 0.29) is 48.9 Å². The van der Waals surface area contributed by atoms with Gasteiger partial charge in [0.25, 0.3) is 11.1 Å². The first-order valence-corrected chi connectivity index (χ1v) is 8.80. The molecule has 1 aromatic heterocycles. The van der Waals surface area contributed by atoms with Crippen molar-refractivity contribution in [1.29, 1.82) is 0 Å². The Morgan fingerprint density at radius 3 is 2.54 bits per heavy atom. The van der Waals surface area contributed by atoms with Crippen LogP contribution in [0.15, 0.2) is 58.1 Å². The summed E-state index contributed by atoms with van der Waals surface area (Å²) in [4.78, 5) is 38.2. The zero-order valence-electron chi connectivity index (χ0n) is 15.4. The first kappa shape index (κ1) is 19.3. The summed E-state index contributed by atoms with van der Waals surface area (Å²) in [6, 6.07) is 12.6. The molecule has 0 aliphatic heterocycles. The molecule has 0 spiro atoms. The van der Waals surface area contributed by atoms with Crippen LogP contribution in [0.5, 0.6) is 5.75 Å². The number of halogens is 1.